The van der Waals surface area contributed by atoms with Gasteiger partial charge >= 0.3 is 0 Å². The molecular weight excluding hydrogens is 492 g/mol. The number of allylic oxidation sites excluding steroid dienone is 2. The Morgan fingerprint density at radius 2 is 1.02 bits per heavy atom. The molecule has 0 radical (unpaired) electrons. The van der Waals surface area contributed by atoms with Gasteiger partial charge in [-0.1, -0.05) is 51.0 Å². The Morgan fingerprint density at radius 3 is 1.38 bits per heavy atom. The van der Waals surface area contributed by atoms with Gasteiger partial charge in [-0.2, -0.15) is 0 Å². The van der Waals surface area contributed by atoms with E-state index in [1.807, 2.05) is 0 Å². The Kier molecular flexibility index (Phi) is 12.4. The highest BCUT2D eigenvalue weighted by atomic mass is 16.5. The second-order valence-corrected chi connectivity index (χ2v) is 11.9. The molecule has 2 aromatic carbocycles. The number of piperidine rings is 2. The highest BCUT2D eigenvalue weighted by molar-refractivity contribution is 5.90. The van der Waals surface area contributed by atoms with Gasteiger partial charge in [-0.3, -0.25) is 0 Å². The predicted molar refractivity (Wildman–Crippen MR) is 170 cm³/mol. The number of hydrogen-bond donors (Lipinski definition) is 0. The molecule has 0 aromatic heterocycles. The third-order valence-corrected chi connectivity index (χ3v) is 9.07. The molecule has 2 heterocycles. The van der Waals surface area contributed by atoms with Crippen LogP contribution in [0.25, 0.3) is 11.1 Å². The number of likely N-dealkylation sites (tertiary alicyclic amines) is 2. The molecule has 2 atom stereocenters. The molecule has 0 spiro atoms. The van der Waals surface area contributed by atoms with Gasteiger partial charge in [0.1, 0.15) is 11.5 Å². The normalized spacial score (nSPS) is 21.2. The van der Waals surface area contributed by atoms with Gasteiger partial charge in [0.25, 0.3) is 0 Å². The number of benzene rings is 2. The van der Waals surface area contributed by atoms with Gasteiger partial charge in [-0.25, -0.2) is 0 Å². The monoisotopic (exact) mass is 546 g/mol. The second kappa shape index (κ2) is 16.2. The lowest BCUT2D eigenvalue weighted by atomic mass is 9.91. The molecule has 220 valence electrons. The summed E-state index contributed by atoms with van der Waals surface area (Å²) in [5, 5.41) is 0. The highest BCUT2D eigenvalue weighted by Gasteiger charge is 2.18. The van der Waals surface area contributed by atoms with E-state index in [0.717, 1.165) is 75.6 Å². The van der Waals surface area contributed by atoms with Crippen LogP contribution in [0.3, 0.4) is 0 Å². The largest absolute Gasteiger partial charge is 0.494 e. The van der Waals surface area contributed by atoms with E-state index in [-0.39, 0.29) is 0 Å². The lowest BCUT2D eigenvalue weighted by Gasteiger charge is -2.33. The molecule has 2 aliphatic heterocycles. The van der Waals surface area contributed by atoms with Crippen LogP contribution in [0.1, 0.15) is 103 Å². The minimum absolute atomic E-state index is 0.724. The lowest BCUT2D eigenvalue weighted by molar-refractivity contribution is 0.148. The summed E-state index contributed by atoms with van der Waals surface area (Å²) in [4.78, 5) is 5.24. The molecule has 2 aliphatic rings. The van der Waals surface area contributed by atoms with E-state index < -0.39 is 0 Å². The Balaban J connectivity index is 1.28. The van der Waals surface area contributed by atoms with Crippen LogP contribution in [0.2, 0.25) is 0 Å². The van der Waals surface area contributed by atoms with Crippen molar-refractivity contribution in [1.29, 1.82) is 0 Å². The lowest BCUT2D eigenvalue weighted by Crippen LogP contribution is -2.38. The first-order chi connectivity index (χ1) is 19.6. The van der Waals surface area contributed by atoms with Crippen LogP contribution in [-0.4, -0.2) is 61.3 Å². The van der Waals surface area contributed by atoms with Crippen LogP contribution in [0.4, 0.5) is 0 Å². The second-order valence-electron chi connectivity index (χ2n) is 11.9. The fourth-order valence-corrected chi connectivity index (χ4v) is 6.58. The van der Waals surface area contributed by atoms with Crippen LogP contribution < -0.4 is 9.47 Å². The van der Waals surface area contributed by atoms with Crippen molar-refractivity contribution in [3.05, 3.63) is 59.7 Å². The standard InChI is InChI=1S/C36H54N2O2/c1-5-35(31-15-19-33(20-16-31)39-27-11-25-37-23-9-7-13-29(37)3)36(6-2)32-17-21-34(22-18-32)40-28-12-26-38-24-10-8-14-30(38)4/h15-22,29-30H,5-14,23-28H2,1-4H3/b36-35-/t29-,30-/m0/s1. The molecule has 0 bridgehead atoms. The number of hydrogen-bond acceptors (Lipinski definition) is 4. The SMILES string of the molecule is CC/C(=C(\CC)c1ccc(OCCCN2CCCC[C@@H]2C)cc1)c1ccc(OCCCN2CCCC[C@@H]2C)cc1. The molecule has 4 heteroatoms. The maximum Gasteiger partial charge on any atom is 0.119 e. The molecule has 4 nitrogen and oxygen atoms in total. The molecular formula is C36H54N2O2. The summed E-state index contributed by atoms with van der Waals surface area (Å²) in [7, 11) is 0. The summed E-state index contributed by atoms with van der Waals surface area (Å²) in [5.41, 5.74) is 5.41. The van der Waals surface area contributed by atoms with Crippen molar-refractivity contribution >= 4 is 11.1 Å². The fourth-order valence-electron chi connectivity index (χ4n) is 6.58. The minimum Gasteiger partial charge on any atom is -0.494 e. The van der Waals surface area contributed by atoms with E-state index >= 15 is 0 Å². The van der Waals surface area contributed by atoms with Gasteiger partial charge in [0.2, 0.25) is 0 Å². The smallest absolute Gasteiger partial charge is 0.119 e. The average molecular weight is 547 g/mol. The molecule has 2 aromatic rings. The van der Waals surface area contributed by atoms with E-state index in [2.05, 4.69) is 86.0 Å². The van der Waals surface area contributed by atoms with Crippen molar-refractivity contribution in [3.8, 4) is 11.5 Å². The Bertz CT molecular complexity index is 946. The molecule has 0 aliphatic carbocycles. The summed E-state index contributed by atoms with van der Waals surface area (Å²) in [6.45, 7) is 15.6. The van der Waals surface area contributed by atoms with E-state index in [9.17, 15) is 0 Å². The van der Waals surface area contributed by atoms with E-state index in [1.165, 1.54) is 73.9 Å². The Hall–Kier alpha value is -2.30. The summed E-state index contributed by atoms with van der Waals surface area (Å²) >= 11 is 0. The molecule has 0 amide bonds. The molecule has 0 saturated carbocycles. The van der Waals surface area contributed by atoms with Crippen molar-refractivity contribution in [2.24, 2.45) is 0 Å². The number of nitrogens with zero attached hydrogens (tertiary/aromatic N) is 2. The van der Waals surface area contributed by atoms with Gasteiger partial charge in [-0.15, -0.1) is 0 Å². The first-order valence-corrected chi connectivity index (χ1v) is 16.3. The first kappa shape index (κ1) is 30.7. The summed E-state index contributed by atoms with van der Waals surface area (Å²) in [6.07, 6.45) is 12.3. The summed E-state index contributed by atoms with van der Waals surface area (Å²) in [5.74, 6) is 1.94. The van der Waals surface area contributed by atoms with Crippen molar-refractivity contribution < 1.29 is 9.47 Å². The zero-order valence-electron chi connectivity index (χ0n) is 25.8. The molecule has 0 N–H and O–H groups in total. The van der Waals surface area contributed by atoms with Crippen molar-refractivity contribution in [2.75, 3.05) is 39.4 Å². The molecule has 40 heavy (non-hydrogen) atoms. The maximum absolute atomic E-state index is 6.11. The van der Waals surface area contributed by atoms with Crippen molar-refractivity contribution in [3.63, 3.8) is 0 Å². The summed E-state index contributed by atoms with van der Waals surface area (Å²) in [6, 6.07) is 19.0. The third kappa shape index (κ3) is 8.85. The van der Waals surface area contributed by atoms with Gasteiger partial charge in [-0.05, 0) is 125 Å². The molecule has 0 unspecified atom stereocenters. The Labute approximate surface area is 244 Å². The highest BCUT2D eigenvalue weighted by Crippen LogP contribution is 2.33. The van der Waals surface area contributed by atoms with Gasteiger partial charge in [0.15, 0.2) is 0 Å². The minimum atomic E-state index is 0.724. The van der Waals surface area contributed by atoms with Crippen LogP contribution in [0.15, 0.2) is 48.5 Å². The quantitative estimate of drug-likeness (QED) is 0.175. The zero-order valence-corrected chi connectivity index (χ0v) is 25.8. The zero-order chi connectivity index (χ0) is 28.2. The van der Waals surface area contributed by atoms with E-state index in [0.29, 0.717) is 0 Å². The number of ether oxygens (including phenoxy) is 2. The predicted octanol–water partition coefficient (Wildman–Crippen LogP) is 8.70. The van der Waals surface area contributed by atoms with Crippen LogP contribution in [-0.2, 0) is 0 Å². The number of rotatable bonds is 14. The van der Waals surface area contributed by atoms with Gasteiger partial charge < -0.3 is 19.3 Å². The van der Waals surface area contributed by atoms with Crippen LogP contribution >= 0.6 is 0 Å². The van der Waals surface area contributed by atoms with Gasteiger partial charge in [0, 0.05) is 25.2 Å². The molecule has 2 saturated heterocycles. The maximum atomic E-state index is 6.11. The van der Waals surface area contributed by atoms with Crippen molar-refractivity contribution in [1.82, 2.24) is 9.80 Å². The van der Waals surface area contributed by atoms with Gasteiger partial charge in [0.05, 0.1) is 13.2 Å². The Morgan fingerprint density at radius 1 is 0.625 bits per heavy atom. The fraction of sp³-hybridized carbons (Fsp3) is 0.611. The topological polar surface area (TPSA) is 24.9 Å². The average Bonchev–Trinajstić information content (AvgIpc) is 2.99. The van der Waals surface area contributed by atoms with Crippen LogP contribution in [0.5, 0.6) is 11.5 Å². The summed E-state index contributed by atoms with van der Waals surface area (Å²) < 4.78 is 12.2. The third-order valence-electron chi connectivity index (χ3n) is 9.07. The van der Waals surface area contributed by atoms with Crippen molar-refractivity contribution in [2.45, 2.75) is 104 Å². The van der Waals surface area contributed by atoms with Crippen LogP contribution in [0, 0.1) is 0 Å². The first-order valence-electron chi connectivity index (χ1n) is 16.3. The van der Waals surface area contributed by atoms with E-state index in [1.54, 1.807) is 0 Å². The molecule has 2 fully saturated rings. The molecule has 4 rings (SSSR count). The van der Waals surface area contributed by atoms with E-state index in [4.69, 9.17) is 9.47 Å².